The molecule has 5 heteroatoms. The molecular formula is C29H42F4O. The summed E-state index contributed by atoms with van der Waals surface area (Å²) in [5.41, 5.74) is 0.286. The molecule has 0 aromatic heterocycles. The second kappa shape index (κ2) is 13.0. The minimum Gasteiger partial charge on any atom is -0.426 e. The zero-order valence-corrected chi connectivity index (χ0v) is 20.9. The van der Waals surface area contributed by atoms with Crippen LogP contribution < -0.4 is 4.74 Å². The number of ether oxygens (including phenoxy) is 1. The third-order valence-corrected chi connectivity index (χ3v) is 7.98. The second-order valence-corrected chi connectivity index (χ2v) is 10.6. The molecule has 1 aromatic carbocycles. The lowest BCUT2D eigenvalue weighted by atomic mass is 9.77. The van der Waals surface area contributed by atoms with Crippen LogP contribution in [0.5, 0.6) is 5.75 Å². The Hall–Kier alpha value is -1.52. The fraction of sp³-hybridized carbons (Fsp3) is 0.724. The van der Waals surface area contributed by atoms with Gasteiger partial charge in [-0.25, -0.2) is 4.39 Å². The second-order valence-electron chi connectivity index (χ2n) is 10.6. The van der Waals surface area contributed by atoms with Gasteiger partial charge in [-0.15, -0.1) is 0 Å². The summed E-state index contributed by atoms with van der Waals surface area (Å²) in [5, 5.41) is 0. The summed E-state index contributed by atoms with van der Waals surface area (Å²) in [7, 11) is 0. The Morgan fingerprint density at radius 2 is 1.47 bits per heavy atom. The highest BCUT2D eigenvalue weighted by Gasteiger charge is 2.32. The standard InChI is InChI=1S/C29H42F4O/c1-3-5-6-8-22-9-11-23(12-10-22)19-20-29(32,33)34-26-18-17-25(27(30)28(26)31)24-15-13-21(7-4-2)14-16-24/h17-24H,3-16H2,1-2H3/b20-19+. The van der Waals surface area contributed by atoms with Gasteiger partial charge in [-0.2, -0.15) is 13.2 Å². The summed E-state index contributed by atoms with van der Waals surface area (Å²) in [6, 6.07) is 2.59. The molecule has 0 bridgehead atoms. The first-order chi connectivity index (χ1) is 16.3. The van der Waals surface area contributed by atoms with Crippen molar-refractivity contribution in [3.05, 3.63) is 41.5 Å². The van der Waals surface area contributed by atoms with Crippen LogP contribution >= 0.6 is 0 Å². The van der Waals surface area contributed by atoms with E-state index in [1.807, 2.05) is 0 Å². The molecule has 34 heavy (non-hydrogen) atoms. The van der Waals surface area contributed by atoms with Gasteiger partial charge in [0.25, 0.3) is 0 Å². The van der Waals surface area contributed by atoms with Gasteiger partial charge in [0.15, 0.2) is 11.6 Å². The molecule has 2 aliphatic carbocycles. The van der Waals surface area contributed by atoms with Crippen molar-refractivity contribution >= 4 is 0 Å². The number of rotatable bonds is 11. The van der Waals surface area contributed by atoms with Gasteiger partial charge in [-0.3, -0.25) is 0 Å². The maximum atomic E-state index is 14.8. The van der Waals surface area contributed by atoms with E-state index in [0.717, 1.165) is 69.9 Å². The van der Waals surface area contributed by atoms with Crippen LogP contribution in [0.2, 0.25) is 0 Å². The number of unbranched alkanes of at least 4 members (excludes halogenated alkanes) is 2. The predicted molar refractivity (Wildman–Crippen MR) is 130 cm³/mol. The fourth-order valence-electron chi connectivity index (χ4n) is 5.89. The molecule has 0 atom stereocenters. The highest BCUT2D eigenvalue weighted by molar-refractivity contribution is 5.34. The van der Waals surface area contributed by atoms with Crippen molar-refractivity contribution in [2.45, 2.75) is 116 Å². The molecule has 0 unspecified atom stereocenters. The molecule has 2 fully saturated rings. The van der Waals surface area contributed by atoms with Crippen LogP contribution in [0.25, 0.3) is 0 Å². The van der Waals surface area contributed by atoms with E-state index < -0.39 is 23.5 Å². The number of allylic oxidation sites excluding steroid dienone is 1. The van der Waals surface area contributed by atoms with Gasteiger partial charge in [-0.1, -0.05) is 64.5 Å². The van der Waals surface area contributed by atoms with Crippen LogP contribution in [-0.2, 0) is 0 Å². The summed E-state index contributed by atoms with van der Waals surface area (Å²) >= 11 is 0. The van der Waals surface area contributed by atoms with Gasteiger partial charge in [0.05, 0.1) is 0 Å². The van der Waals surface area contributed by atoms with Gasteiger partial charge >= 0.3 is 6.11 Å². The largest absolute Gasteiger partial charge is 0.426 e. The number of alkyl halides is 2. The number of hydrogen-bond acceptors (Lipinski definition) is 1. The summed E-state index contributed by atoms with van der Waals surface area (Å²) in [5.74, 6) is -1.71. The fourth-order valence-corrected chi connectivity index (χ4v) is 5.89. The molecule has 3 rings (SSSR count). The molecular weight excluding hydrogens is 440 g/mol. The van der Waals surface area contributed by atoms with Crippen molar-refractivity contribution in [3.63, 3.8) is 0 Å². The van der Waals surface area contributed by atoms with Crippen molar-refractivity contribution < 1.29 is 22.3 Å². The minimum absolute atomic E-state index is 0.0610. The van der Waals surface area contributed by atoms with E-state index in [-0.39, 0.29) is 17.4 Å². The normalized spacial score (nSPS) is 26.2. The zero-order valence-electron chi connectivity index (χ0n) is 20.9. The Kier molecular flexibility index (Phi) is 10.3. The molecule has 0 heterocycles. The SMILES string of the molecule is CCCCCC1CCC(/C=C/C(F)(F)Oc2ccc(C3CCC(CCC)CC3)c(F)c2F)CC1. The molecule has 1 nitrogen and oxygen atoms in total. The maximum Gasteiger partial charge on any atom is 0.419 e. The zero-order chi connectivity index (χ0) is 24.6. The first-order valence-corrected chi connectivity index (χ1v) is 13.6. The van der Waals surface area contributed by atoms with Crippen molar-refractivity contribution in [2.75, 3.05) is 0 Å². The molecule has 0 spiro atoms. The number of halogens is 4. The van der Waals surface area contributed by atoms with E-state index in [1.54, 1.807) is 0 Å². The highest BCUT2D eigenvalue weighted by Crippen LogP contribution is 2.40. The van der Waals surface area contributed by atoms with Crippen LogP contribution in [0, 0.1) is 29.4 Å². The van der Waals surface area contributed by atoms with E-state index in [4.69, 9.17) is 0 Å². The van der Waals surface area contributed by atoms with Crippen molar-refractivity contribution in [3.8, 4) is 5.75 Å². The van der Waals surface area contributed by atoms with E-state index in [2.05, 4.69) is 18.6 Å². The molecule has 2 aliphatic rings. The Labute approximate surface area is 203 Å². The Bertz CT molecular complexity index is 775. The van der Waals surface area contributed by atoms with Crippen molar-refractivity contribution in [1.29, 1.82) is 0 Å². The Morgan fingerprint density at radius 3 is 2.12 bits per heavy atom. The molecule has 2 saturated carbocycles. The average molecular weight is 483 g/mol. The topological polar surface area (TPSA) is 9.23 Å². The quantitative estimate of drug-likeness (QED) is 0.173. The van der Waals surface area contributed by atoms with Crippen LogP contribution in [-0.4, -0.2) is 6.11 Å². The van der Waals surface area contributed by atoms with E-state index >= 15 is 0 Å². The summed E-state index contributed by atoms with van der Waals surface area (Å²) in [6.45, 7) is 4.35. The van der Waals surface area contributed by atoms with Gasteiger partial charge in [0.2, 0.25) is 5.82 Å². The minimum atomic E-state index is -3.68. The molecule has 0 radical (unpaired) electrons. The Balaban J connectivity index is 1.54. The van der Waals surface area contributed by atoms with Gasteiger partial charge < -0.3 is 4.74 Å². The molecule has 192 valence electrons. The van der Waals surface area contributed by atoms with Gasteiger partial charge in [0, 0.05) is 6.08 Å². The smallest absolute Gasteiger partial charge is 0.419 e. The number of hydrogen-bond donors (Lipinski definition) is 0. The molecule has 0 N–H and O–H groups in total. The summed E-state index contributed by atoms with van der Waals surface area (Å²) in [6.07, 6.45) is 13.3. The lowest BCUT2D eigenvalue weighted by Crippen LogP contribution is -2.23. The van der Waals surface area contributed by atoms with Crippen LogP contribution in [0.3, 0.4) is 0 Å². The highest BCUT2D eigenvalue weighted by atomic mass is 19.3. The molecule has 1 aromatic rings. The van der Waals surface area contributed by atoms with Crippen LogP contribution in [0.1, 0.15) is 115 Å². The molecule has 0 saturated heterocycles. The third-order valence-electron chi connectivity index (χ3n) is 7.98. The van der Waals surface area contributed by atoms with E-state index in [0.29, 0.717) is 11.8 Å². The maximum absolute atomic E-state index is 14.8. The van der Waals surface area contributed by atoms with Gasteiger partial charge in [-0.05, 0) is 86.7 Å². The lowest BCUT2D eigenvalue weighted by Gasteiger charge is -2.29. The van der Waals surface area contributed by atoms with Gasteiger partial charge in [0.1, 0.15) is 0 Å². The lowest BCUT2D eigenvalue weighted by molar-refractivity contribution is -0.133. The summed E-state index contributed by atoms with van der Waals surface area (Å²) in [4.78, 5) is 0. The van der Waals surface area contributed by atoms with Crippen LogP contribution in [0.15, 0.2) is 24.3 Å². The third kappa shape index (κ3) is 7.75. The predicted octanol–water partition coefficient (Wildman–Crippen LogP) is 9.95. The van der Waals surface area contributed by atoms with E-state index in [1.165, 1.54) is 44.2 Å². The van der Waals surface area contributed by atoms with E-state index in [9.17, 15) is 17.6 Å². The monoisotopic (exact) mass is 482 g/mol. The average Bonchev–Trinajstić information content (AvgIpc) is 2.83. The first-order valence-electron chi connectivity index (χ1n) is 13.6. The first kappa shape index (κ1) is 27.1. The number of benzene rings is 1. The Morgan fingerprint density at radius 1 is 0.824 bits per heavy atom. The molecule has 0 amide bonds. The van der Waals surface area contributed by atoms with Crippen molar-refractivity contribution in [1.82, 2.24) is 0 Å². The summed E-state index contributed by atoms with van der Waals surface area (Å²) < 4.78 is 62.9. The van der Waals surface area contributed by atoms with Crippen LogP contribution in [0.4, 0.5) is 17.6 Å². The van der Waals surface area contributed by atoms with Crippen molar-refractivity contribution in [2.24, 2.45) is 17.8 Å². The molecule has 0 aliphatic heterocycles.